The van der Waals surface area contributed by atoms with Crippen LogP contribution in [0.3, 0.4) is 0 Å². The summed E-state index contributed by atoms with van der Waals surface area (Å²) in [6, 6.07) is 7.41. The van der Waals surface area contributed by atoms with Crippen LogP contribution in [0.1, 0.15) is 24.3 Å². The number of ketones is 1. The van der Waals surface area contributed by atoms with E-state index in [9.17, 15) is 4.79 Å². The van der Waals surface area contributed by atoms with E-state index in [2.05, 4.69) is 4.98 Å². The van der Waals surface area contributed by atoms with E-state index in [4.69, 9.17) is 11.6 Å². The van der Waals surface area contributed by atoms with Crippen LogP contribution in [-0.2, 0) is 0 Å². The fourth-order valence-electron chi connectivity index (χ4n) is 1.52. The SMILES string of the molecule is CC(C)C(=O)c1cn(-c2cccc(Cl)c2)cn1. The molecule has 1 heterocycles. The fourth-order valence-corrected chi connectivity index (χ4v) is 1.71. The molecular weight excluding hydrogens is 236 g/mol. The van der Waals surface area contributed by atoms with Crippen LogP contribution in [0.25, 0.3) is 5.69 Å². The molecule has 4 heteroatoms. The zero-order valence-electron chi connectivity index (χ0n) is 9.72. The highest BCUT2D eigenvalue weighted by Gasteiger charge is 2.13. The number of aromatic nitrogens is 2. The summed E-state index contributed by atoms with van der Waals surface area (Å²) in [5.41, 5.74) is 1.38. The summed E-state index contributed by atoms with van der Waals surface area (Å²) in [5.74, 6) is 0.00323. The van der Waals surface area contributed by atoms with Gasteiger partial charge in [-0.3, -0.25) is 4.79 Å². The maximum atomic E-state index is 11.8. The molecule has 0 aliphatic carbocycles. The van der Waals surface area contributed by atoms with Crippen molar-refractivity contribution in [1.29, 1.82) is 0 Å². The summed E-state index contributed by atoms with van der Waals surface area (Å²) in [7, 11) is 0. The van der Waals surface area contributed by atoms with E-state index in [0.29, 0.717) is 10.7 Å². The van der Waals surface area contributed by atoms with Crippen molar-refractivity contribution < 1.29 is 4.79 Å². The Morgan fingerprint density at radius 2 is 2.18 bits per heavy atom. The molecule has 0 unspecified atom stereocenters. The van der Waals surface area contributed by atoms with Gasteiger partial charge in [-0.2, -0.15) is 0 Å². The molecule has 0 aliphatic rings. The molecule has 0 aliphatic heterocycles. The molecule has 1 aromatic carbocycles. The normalized spacial score (nSPS) is 10.8. The van der Waals surface area contributed by atoms with Crippen LogP contribution in [0.15, 0.2) is 36.8 Å². The molecule has 0 fully saturated rings. The van der Waals surface area contributed by atoms with Gasteiger partial charge in [-0.05, 0) is 18.2 Å². The average Bonchev–Trinajstić information content (AvgIpc) is 2.77. The van der Waals surface area contributed by atoms with Crippen molar-refractivity contribution in [2.45, 2.75) is 13.8 Å². The molecule has 0 saturated heterocycles. The highest BCUT2D eigenvalue weighted by Crippen LogP contribution is 2.16. The molecule has 2 aromatic rings. The smallest absolute Gasteiger partial charge is 0.185 e. The maximum Gasteiger partial charge on any atom is 0.185 e. The van der Waals surface area contributed by atoms with Gasteiger partial charge in [0.05, 0.1) is 0 Å². The van der Waals surface area contributed by atoms with Crippen molar-refractivity contribution in [1.82, 2.24) is 9.55 Å². The number of nitrogens with zero attached hydrogens (tertiary/aromatic N) is 2. The van der Waals surface area contributed by atoms with Crippen molar-refractivity contribution in [3.05, 3.63) is 47.5 Å². The minimum atomic E-state index is -0.0438. The Balaban J connectivity index is 2.33. The topological polar surface area (TPSA) is 34.9 Å². The van der Waals surface area contributed by atoms with E-state index >= 15 is 0 Å². The number of halogens is 1. The first-order valence-electron chi connectivity index (χ1n) is 5.42. The van der Waals surface area contributed by atoms with Gasteiger partial charge in [-0.15, -0.1) is 0 Å². The highest BCUT2D eigenvalue weighted by molar-refractivity contribution is 6.30. The summed E-state index contributed by atoms with van der Waals surface area (Å²) in [4.78, 5) is 15.9. The average molecular weight is 249 g/mol. The number of hydrogen-bond donors (Lipinski definition) is 0. The van der Waals surface area contributed by atoms with Gasteiger partial charge in [-0.25, -0.2) is 4.98 Å². The Bertz CT molecular complexity index is 546. The van der Waals surface area contributed by atoms with Gasteiger partial charge in [0.15, 0.2) is 5.78 Å². The molecular formula is C13H13ClN2O. The number of benzene rings is 1. The van der Waals surface area contributed by atoms with Crippen LogP contribution in [0.5, 0.6) is 0 Å². The summed E-state index contributed by atoms with van der Waals surface area (Å²) >= 11 is 5.91. The first-order chi connectivity index (χ1) is 8.08. The third kappa shape index (κ3) is 2.56. The molecule has 3 nitrogen and oxygen atoms in total. The lowest BCUT2D eigenvalue weighted by Gasteiger charge is -2.02. The molecule has 0 bridgehead atoms. The third-order valence-corrected chi connectivity index (χ3v) is 2.70. The molecule has 0 N–H and O–H groups in total. The Morgan fingerprint density at radius 3 is 2.82 bits per heavy atom. The van der Waals surface area contributed by atoms with Crippen LogP contribution in [0.4, 0.5) is 0 Å². The summed E-state index contributed by atoms with van der Waals surface area (Å²) in [6.45, 7) is 3.72. The fraction of sp³-hybridized carbons (Fsp3) is 0.231. The monoisotopic (exact) mass is 248 g/mol. The van der Waals surface area contributed by atoms with Crippen LogP contribution in [0.2, 0.25) is 5.02 Å². The van der Waals surface area contributed by atoms with Crippen LogP contribution in [-0.4, -0.2) is 15.3 Å². The van der Waals surface area contributed by atoms with Gasteiger partial charge < -0.3 is 4.57 Å². The molecule has 1 aromatic heterocycles. The minimum absolute atomic E-state index is 0.0438. The molecule has 17 heavy (non-hydrogen) atoms. The Morgan fingerprint density at radius 1 is 1.41 bits per heavy atom. The van der Waals surface area contributed by atoms with Crippen molar-refractivity contribution in [3.63, 3.8) is 0 Å². The third-order valence-electron chi connectivity index (χ3n) is 2.47. The van der Waals surface area contributed by atoms with E-state index in [1.807, 2.05) is 38.1 Å². The first-order valence-corrected chi connectivity index (χ1v) is 5.80. The van der Waals surface area contributed by atoms with Crippen LogP contribution >= 0.6 is 11.6 Å². The summed E-state index contributed by atoms with van der Waals surface area (Å²) in [5, 5.41) is 0.660. The Labute approximate surface area is 105 Å². The molecule has 0 radical (unpaired) electrons. The van der Waals surface area contributed by atoms with Gasteiger partial charge in [0.25, 0.3) is 0 Å². The molecule has 0 amide bonds. The predicted octanol–water partition coefficient (Wildman–Crippen LogP) is 3.36. The number of rotatable bonds is 3. The zero-order valence-corrected chi connectivity index (χ0v) is 10.5. The molecule has 88 valence electrons. The maximum absolute atomic E-state index is 11.8. The van der Waals surface area contributed by atoms with Crippen molar-refractivity contribution in [2.24, 2.45) is 5.92 Å². The van der Waals surface area contributed by atoms with Gasteiger partial charge >= 0.3 is 0 Å². The lowest BCUT2D eigenvalue weighted by atomic mass is 10.1. The summed E-state index contributed by atoms with van der Waals surface area (Å²) in [6.07, 6.45) is 3.36. The van der Waals surface area contributed by atoms with Gasteiger partial charge in [0, 0.05) is 22.8 Å². The van der Waals surface area contributed by atoms with E-state index in [1.54, 1.807) is 17.1 Å². The van der Waals surface area contributed by atoms with Crippen molar-refractivity contribution >= 4 is 17.4 Å². The Hall–Kier alpha value is -1.61. The number of imidazole rings is 1. The lowest BCUT2D eigenvalue weighted by Crippen LogP contribution is -2.07. The molecule has 0 atom stereocenters. The van der Waals surface area contributed by atoms with E-state index in [-0.39, 0.29) is 11.7 Å². The second kappa shape index (κ2) is 4.72. The molecule has 0 saturated carbocycles. The van der Waals surface area contributed by atoms with E-state index in [0.717, 1.165) is 5.69 Å². The van der Waals surface area contributed by atoms with Gasteiger partial charge in [0.1, 0.15) is 12.0 Å². The highest BCUT2D eigenvalue weighted by atomic mass is 35.5. The standard InChI is InChI=1S/C13H13ClN2O/c1-9(2)13(17)12-7-16(8-15-12)11-5-3-4-10(14)6-11/h3-9H,1-2H3. The van der Waals surface area contributed by atoms with Crippen molar-refractivity contribution in [2.75, 3.05) is 0 Å². The zero-order chi connectivity index (χ0) is 12.4. The minimum Gasteiger partial charge on any atom is -0.305 e. The van der Waals surface area contributed by atoms with E-state index < -0.39 is 0 Å². The van der Waals surface area contributed by atoms with E-state index in [1.165, 1.54) is 0 Å². The quantitative estimate of drug-likeness (QED) is 0.781. The Kier molecular flexibility index (Phi) is 3.29. The first kappa shape index (κ1) is 11.9. The number of hydrogen-bond acceptors (Lipinski definition) is 2. The molecule has 2 rings (SSSR count). The number of carbonyl (C=O) groups excluding carboxylic acids is 1. The number of Topliss-reactive ketones (excluding diaryl/α,β-unsaturated/α-hetero) is 1. The van der Waals surface area contributed by atoms with Crippen molar-refractivity contribution in [3.8, 4) is 5.69 Å². The second-order valence-electron chi connectivity index (χ2n) is 4.17. The number of carbonyl (C=O) groups is 1. The lowest BCUT2D eigenvalue weighted by molar-refractivity contribution is 0.0935. The predicted molar refractivity (Wildman–Crippen MR) is 67.7 cm³/mol. The second-order valence-corrected chi connectivity index (χ2v) is 4.60. The molecule has 0 spiro atoms. The van der Waals surface area contributed by atoms with Crippen LogP contribution < -0.4 is 0 Å². The largest absolute Gasteiger partial charge is 0.305 e. The summed E-state index contributed by atoms with van der Waals surface area (Å²) < 4.78 is 1.79. The van der Waals surface area contributed by atoms with Gasteiger partial charge in [0.2, 0.25) is 0 Å². The van der Waals surface area contributed by atoms with Crippen LogP contribution in [0, 0.1) is 5.92 Å². The van der Waals surface area contributed by atoms with Gasteiger partial charge in [-0.1, -0.05) is 31.5 Å².